The molecule has 1 aromatic heterocycles. The molecule has 0 spiro atoms. The van der Waals surface area contributed by atoms with Crippen molar-refractivity contribution < 1.29 is 14.7 Å². The van der Waals surface area contributed by atoms with Gasteiger partial charge in [0.05, 0.1) is 0 Å². The fourth-order valence-electron chi connectivity index (χ4n) is 1.03. The fraction of sp³-hybridized carbons (Fsp3) is 0.300. The Morgan fingerprint density at radius 2 is 2.12 bits per heavy atom. The minimum Gasteiger partial charge on any atom is -0.480 e. The molecule has 0 aliphatic heterocycles. The van der Waals surface area contributed by atoms with Crippen LogP contribution >= 0.6 is 0 Å². The van der Waals surface area contributed by atoms with Crippen LogP contribution in [0.25, 0.3) is 0 Å². The molecule has 1 atom stereocenters. The van der Waals surface area contributed by atoms with E-state index < -0.39 is 17.9 Å². The molecule has 1 aromatic rings. The van der Waals surface area contributed by atoms with E-state index in [9.17, 15) is 14.4 Å². The predicted molar refractivity (Wildman–Crippen MR) is 56.2 cm³/mol. The average Bonchev–Trinajstić information content (AvgIpc) is 2.21. The van der Waals surface area contributed by atoms with Gasteiger partial charge in [-0.05, 0) is 13.0 Å². The van der Waals surface area contributed by atoms with Crippen molar-refractivity contribution in [1.29, 1.82) is 0 Å². The zero-order valence-corrected chi connectivity index (χ0v) is 8.93. The molecule has 0 unspecified atom stereocenters. The molecule has 0 aliphatic rings. The Morgan fingerprint density at radius 1 is 1.50 bits per heavy atom. The lowest BCUT2D eigenvalue weighted by molar-refractivity contribution is -0.138. The lowest BCUT2D eigenvalue weighted by Gasteiger charge is -2.09. The smallest absolute Gasteiger partial charge is 0.325 e. The molecule has 6 nitrogen and oxygen atoms in total. The molecule has 1 heterocycles. The van der Waals surface area contributed by atoms with E-state index in [2.05, 4.69) is 5.32 Å². The van der Waals surface area contributed by atoms with Gasteiger partial charge in [-0.3, -0.25) is 14.4 Å². The summed E-state index contributed by atoms with van der Waals surface area (Å²) >= 11 is 0. The number of pyridine rings is 1. The van der Waals surface area contributed by atoms with Crippen molar-refractivity contribution in [1.82, 2.24) is 9.88 Å². The number of aliphatic carboxylic acids is 1. The number of hydrogen-bond donors (Lipinski definition) is 2. The number of aryl methyl sites for hydroxylation is 1. The number of aromatic nitrogens is 1. The van der Waals surface area contributed by atoms with Crippen LogP contribution < -0.4 is 10.9 Å². The topological polar surface area (TPSA) is 88.4 Å². The highest BCUT2D eigenvalue weighted by atomic mass is 16.4. The molecular weight excluding hydrogens is 212 g/mol. The molecule has 0 aromatic carbocycles. The van der Waals surface area contributed by atoms with Crippen molar-refractivity contribution >= 4 is 11.9 Å². The Morgan fingerprint density at radius 3 is 2.62 bits per heavy atom. The van der Waals surface area contributed by atoms with Crippen LogP contribution in [0.4, 0.5) is 0 Å². The number of nitrogens with zero attached hydrogens (tertiary/aromatic N) is 1. The van der Waals surface area contributed by atoms with Crippen LogP contribution in [0, 0.1) is 0 Å². The van der Waals surface area contributed by atoms with Gasteiger partial charge in [0.25, 0.3) is 11.5 Å². The van der Waals surface area contributed by atoms with Gasteiger partial charge in [0.1, 0.15) is 6.04 Å². The van der Waals surface area contributed by atoms with Crippen LogP contribution in [0.1, 0.15) is 17.3 Å². The summed E-state index contributed by atoms with van der Waals surface area (Å²) in [6.45, 7) is 1.35. The number of carbonyl (C=O) groups excluding carboxylic acids is 1. The highest BCUT2D eigenvalue weighted by Crippen LogP contribution is 1.95. The van der Waals surface area contributed by atoms with Crippen molar-refractivity contribution in [2.24, 2.45) is 7.05 Å². The third-order valence-electron chi connectivity index (χ3n) is 2.08. The van der Waals surface area contributed by atoms with E-state index in [-0.39, 0.29) is 11.1 Å². The molecule has 0 saturated carbocycles. The molecule has 0 radical (unpaired) electrons. The minimum absolute atomic E-state index is 0.149. The standard InChI is InChI=1S/C10H12N2O4/c1-6(10(15)16)11-9(14)7-3-4-12(2)8(13)5-7/h3-6H,1-2H3,(H,11,14)(H,15,16)/t6-/m0/s1. The monoisotopic (exact) mass is 224 g/mol. The molecule has 2 N–H and O–H groups in total. The average molecular weight is 224 g/mol. The summed E-state index contributed by atoms with van der Waals surface area (Å²) in [5.41, 5.74) is -0.174. The fourth-order valence-corrected chi connectivity index (χ4v) is 1.03. The minimum atomic E-state index is -1.13. The van der Waals surface area contributed by atoms with E-state index in [4.69, 9.17) is 5.11 Å². The maximum Gasteiger partial charge on any atom is 0.325 e. The molecule has 6 heteroatoms. The molecule has 0 bridgehead atoms. The maximum absolute atomic E-state index is 11.5. The van der Waals surface area contributed by atoms with E-state index >= 15 is 0 Å². The van der Waals surface area contributed by atoms with Gasteiger partial charge in [-0.1, -0.05) is 0 Å². The van der Waals surface area contributed by atoms with Crippen molar-refractivity contribution in [3.05, 3.63) is 34.2 Å². The summed E-state index contributed by atoms with van der Waals surface area (Å²) in [6.07, 6.45) is 1.45. The molecular formula is C10H12N2O4. The van der Waals surface area contributed by atoms with Gasteiger partial charge in [0.2, 0.25) is 0 Å². The first-order chi connectivity index (χ1) is 7.41. The first-order valence-electron chi connectivity index (χ1n) is 4.62. The zero-order chi connectivity index (χ0) is 12.3. The summed E-state index contributed by atoms with van der Waals surface area (Å²) in [6, 6.07) is 1.62. The molecule has 86 valence electrons. The Bertz CT molecular complexity index is 478. The van der Waals surface area contributed by atoms with Crippen molar-refractivity contribution in [2.45, 2.75) is 13.0 Å². The van der Waals surface area contributed by atoms with Crippen LogP contribution in [0.15, 0.2) is 23.1 Å². The van der Waals surface area contributed by atoms with Crippen molar-refractivity contribution in [2.75, 3.05) is 0 Å². The summed E-state index contributed by atoms with van der Waals surface area (Å²) in [7, 11) is 1.56. The lowest BCUT2D eigenvalue weighted by Crippen LogP contribution is -2.38. The number of carbonyl (C=O) groups is 2. The van der Waals surface area contributed by atoms with Crippen LogP contribution in [0.2, 0.25) is 0 Å². The molecule has 0 fully saturated rings. The summed E-state index contributed by atoms with van der Waals surface area (Å²) in [5, 5.41) is 10.9. The van der Waals surface area contributed by atoms with E-state index in [0.717, 1.165) is 6.07 Å². The van der Waals surface area contributed by atoms with Crippen LogP contribution in [0.3, 0.4) is 0 Å². The summed E-state index contributed by atoms with van der Waals surface area (Å²) in [4.78, 5) is 33.2. The first-order valence-corrected chi connectivity index (χ1v) is 4.62. The van der Waals surface area contributed by atoms with E-state index in [1.807, 2.05) is 0 Å². The third kappa shape index (κ3) is 2.69. The van der Waals surface area contributed by atoms with Gasteiger partial charge >= 0.3 is 5.97 Å². The lowest BCUT2D eigenvalue weighted by atomic mass is 10.2. The second-order valence-corrected chi connectivity index (χ2v) is 3.40. The Kier molecular flexibility index (Phi) is 3.44. The third-order valence-corrected chi connectivity index (χ3v) is 2.08. The molecule has 16 heavy (non-hydrogen) atoms. The van der Waals surface area contributed by atoms with Gasteiger partial charge < -0.3 is 15.0 Å². The Balaban J connectivity index is 2.85. The summed E-state index contributed by atoms with van der Waals surface area (Å²) in [5.74, 6) is -1.70. The number of nitrogens with one attached hydrogen (secondary N) is 1. The highest BCUT2D eigenvalue weighted by molar-refractivity contribution is 5.96. The SMILES string of the molecule is C[C@H](NC(=O)c1ccn(C)c(=O)c1)C(=O)O. The second-order valence-electron chi connectivity index (χ2n) is 3.40. The number of amides is 1. The van der Waals surface area contributed by atoms with E-state index in [1.165, 1.54) is 23.8 Å². The van der Waals surface area contributed by atoms with Gasteiger partial charge in [0.15, 0.2) is 0 Å². The largest absolute Gasteiger partial charge is 0.480 e. The normalized spacial score (nSPS) is 11.9. The maximum atomic E-state index is 11.5. The van der Waals surface area contributed by atoms with Gasteiger partial charge in [-0.25, -0.2) is 0 Å². The quantitative estimate of drug-likeness (QED) is 0.730. The molecule has 1 amide bonds. The Hall–Kier alpha value is -2.11. The van der Waals surface area contributed by atoms with Crippen molar-refractivity contribution in [3.8, 4) is 0 Å². The number of carboxylic acid groups (broad SMARTS) is 1. The second kappa shape index (κ2) is 4.61. The molecule has 1 rings (SSSR count). The van der Waals surface area contributed by atoms with E-state index in [0.29, 0.717) is 0 Å². The number of carboxylic acids is 1. The number of hydrogen-bond acceptors (Lipinski definition) is 3. The van der Waals surface area contributed by atoms with E-state index in [1.54, 1.807) is 7.05 Å². The Labute approximate surface area is 91.5 Å². The zero-order valence-electron chi connectivity index (χ0n) is 8.93. The number of rotatable bonds is 3. The van der Waals surface area contributed by atoms with Crippen LogP contribution in [0.5, 0.6) is 0 Å². The molecule has 0 aliphatic carbocycles. The van der Waals surface area contributed by atoms with Gasteiger partial charge in [0, 0.05) is 24.9 Å². The van der Waals surface area contributed by atoms with Crippen LogP contribution in [-0.4, -0.2) is 27.6 Å². The van der Waals surface area contributed by atoms with Gasteiger partial charge in [-0.15, -0.1) is 0 Å². The van der Waals surface area contributed by atoms with Gasteiger partial charge in [-0.2, -0.15) is 0 Å². The highest BCUT2D eigenvalue weighted by Gasteiger charge is 2.15. The van der Waals surface area contributed by atoms with Crippen molar-refractivity contribution in [3.63, 3.8) is 0 Å². The predicted octanol–water partition coefficient (Wildman–Crippen LogP) is -0.412. The van der Waals surface area contributed by atoms with Crippen LogP contribution in [-0.2, 0) is 11.8 Å². The molecule has 0 saturated heterocycles. The summed E-state index contributed by atoms with van der Waals surface area (Å²) < 4.78 is 1.32. The first kappa shape index (κ1) is 12.0.